The quantitative estimate of drug-likeness (QED) is 0.565. The number of carbonyl (C=O) groups is 2. The third-order valence-corrected chi connectivity index (χ3v) is 4.51. The Morgan fingerprint density at radius 3 is 2.76 bits per heavy atom. The molecule has 1 aliphatic heterocycles. The van der Waals surface area contributed by atoms with Crippen LogP contribution in [0.2, 0.25) is 5.02 Å². The molecule has 0 fully saturated rings. The Labute approximate surface area is 169 Å². The molecule has 0 unspecified atom stereocenters. The number of hydrogen-bond donors (Lipinski definition) is 0. The normalized spacial score (nSPS) is 16.0. The number of benzene rings is 1. The van der Waals surface area contributed by atoms with E-state index >= 15 is 0 Å². The molecule has 0 saturated carbocycles. The van der Waals surface area contributed by atoms with E-state index in [1.54, 1.807) is 24.3 Å². The first kappa shape index (κ1) is 18.8. The smallest absolute Gasteiger partial charge is 0.328 e. The van der Waals surface area contributed by atoms with Gasteiger partial charge in [-0.05, 0) is 40.3 Å². The number of amides is 1. The molecule has 2 aromatic heterocycles. The zero-order chi connectivity index (χ0) is 20.2. The van der Waals surface area contributed by atoms with Crippen molar-refractivity contribution in [1.82, 2.24) is 25.2 Å². The SMILES string of the molecule is O=C(Cn1cnnn1)OCC(=O)N1N=C(c2ccc(Cl)cc2)C[C@H]1c1ccco1. The molecule has 1 aliphatic rings. The summed E-state index contributed by atoms with van der Waals surface area (Å²) in [4.78, 5) is 24.6. The van der Waals surface area contributed by atoms with Gasteiger partial charge in [-0.15, -0.1) is 5.10 Å². The van der Waals surface area contributed by atoms with Gasteiger partial charge in [0.2, 0.25) is 0 Å². The van der Waals surface area contributed by atoms with Gasteiger partial charge in [-0.25, -0.2) is 9.69 Å². The fourth-order valence-electron chi connectivity index (χ4n) is 2.90. The predicted octanol–water partition coefficient (Wildman–Crippen LogP) is 1.84. The lowest BCUT2D eigenvalue weighted by molar-refractivity contribution is -0.153. The van der Waals surface area contributed by atoms with Crippen LogP contribution in [0.25, 0.3) is 0 Å². The molecule has 1 amide bonds. The van der Waals surface area contributed by atoms with Crippen LogP contribution in [0.5, 0.6) is 0 Å². The molecule has 29 heavy (non-hydrogen) atoms. The minimum absolute atomic E-state index is 0.193. The number of ether oxygens (including phenoxy) is 1. The van der Waals surface area contributed by atoms with Crippen molar-refractivity contribution in [2.75, 3.05) is 6.61 Å². The van der Waals surface area contributed by atoms with Crippen LogP contribution >= 0.6 is 11.6 Å². The van der Waals surface area contributed by atoms with Crippen molar-refractivity contribution in [3.63, 3.8) is 0 Å². The summed E-state index contributed by atoms with van der Waals surface area (Å²) in [7, 11) is 0. The monoisotopic (exact) mass is 414 g/mol. The van der Waals surface area contributed by atoms with Crippen molar-refractivity contribution >= 4 is 29.2 Å². The van der Waals surface area contributed by atoms with E-state index in [1.807, 2.05) is 12.1 Å². The number of carbonyl (C=O) groups excluding carboxylic acids is 2. The standard InChI is InChI=1S/C18H15ClN6O4/c19-13-5-3-12(4-6-13)14-8-15(16-2-1-7-28-16)25(21-14)17(26)10-29-18(27)9-24-11-20-22-23-24/h1-7,11,15H,8-10H2/t15-/m0/s1. The van der Waals surface area contributed by atoms with Gasteiger partial charge in [-0.2, -0.15) is 5.10 Å². The van der Waals surface area contributed by atoms with Crippen molar-refractivity contribution in [2.45, 2.75) is 19.0 Å². The number of halogens is 1. The van der Waals surface area contributed by atoms with E-state index in [2.05, 4.69) is 20.6 Å². The Kier molecular flexibility index (Phi) is 5.34. The lowest BCUT2D eigenvalue weighted by Gasteiger charge is -2.19. The highest BCUT2D eigenvalue weighted by atomic mass is 35.5. The van der Waals surface area contributed by atoms with Gasteiger partial charge in [0, 0.05) is 11.4 Å². The minimum Gasteiger partial charge on any atom is -0.467 e. The Morgan fingerprint density at radius 1 is 1.24 bits per heavy atom. The number of hydrazone groups is 1. The van der Waals surface area contributed by atoms with Crippen LogP contribution < -0.4 is 0 Å². The maximum atomic E-state index is 12.7. The first-order chi connectivity index (χ1) is 14.1. The number of rotatable bonds is 6. The van der Waals surface area contributed by atoms with Crippen molar-refractivity contribution in [3.05, 3.63) is 65.3 Å². The van der Waals surface area contributed by atoms with E-state index in [0.29, 0.717) is 22.9 Å². The van der Waals surface area contributed by atoms with Crippen molar-refractivity contribution in [1.29, 1.82) is 0 Å². The van der Waals surface area contributed by atoms with Gasteiger partial charge in [0.25, 0.3) is 5.91 Å². The molecule has 0 N–H and O–H groups in total. The van der Waals surface area contributed by atoms with E-state index < -0.39 is 24.5 Å². The highest BCUT2D eigenvalue weighted by Gasteiger charge is 2.35. The number of nitrogens with zero attached hydrogens (tertiary/aromatic N) is 6. The molecule has 0 saturated heterocycles. The third-order valence-electron chi connectivity index (χ3n) is 4.25. The van der Waals surface area contributed by atoms with Crippen LogP contribution in [-0.2, 0) is 20.9 Å². The fraction of sp³-hybridized carbons (Fsp3) is 0.222. The number of tetrazole rings is 1. The molecule has 148 valence electrons. The maximum Gasteiger partial charge on any atom is 0.328 e. The summed E-state index contributed by atoms with van der Waals surface area (Å²) >= 11 is 5.95. The lowest BCUT2D eigenvalue weighted by atomic mass is 10.0. The summed E-state index contributed by atoms with van der Waals surface area (Å²) < 4.78 is 11.7. The summed E-state index contributed by atoms with van der Waals surface area (Å²) in [6, 6.07) is 10.3. The van der Waals surface area contributed by atoms with Crippen LogP contribution in [-0.4, -0.2) is 49.4 Å². The first-order valence-electron chi connectivity index (χ1n) is 8.65. The molecule has 0 radical (unpaired) electrons. The van der Waals surface area contributed by atoms with Gasteiger partial charge in [-0.1, -0.05) is 23.7 Å². The molecule has 0 spiro atoms. The highest BCUT2D eigenvalue weighted by molar-refractivity contribution is 6.30. The summed E-state index contributed by atoms with van der Waals surface area (Å²) in [6.45, 7) is -0.656. The molecular weight excluding hydrogens is 400 g/mol. The molecule has 1 atom stereocenters. The third kappa shape index (κ3) is 4.32. The predicted molar refractivity (Wildman–Crippen MR) is 99.7 cm³/mol. The van der Waals surface area contributed by atoms with Gasteiger partial charge in [0.1, 0.15) is 24.7 Å². The van der Waals surface area contributed by atoms with E-state index in [9.17, 15) is 9.59 Å². The maximum absolute atomic E-state index is 12.7. The summed E-state index contributed by atoms with van der Waals surface area (Å²) in [5.74, 6) is -0.521. The van der Waals surface area contributed by atoms with Gasteiger partial charge in [-0.3, -0.25) is 9.59 Å². The zero-order valence-corrected chi connectivity index (χ0v) is 15.8. The number of hydrogen-bond acceptors (Lipinski definition) is 8. The second-order valence-corrected chi connectivity index (χ2v) is 6.63. The molecule has 0 aliphatic carbocycles. The molecule has 1 aromatic carbocycles. The molecule has 3 heterocycles. The Bertz CT molecular complexity index is 1020. The number of aromatic nitrogens is 4. The second kappa shape index (κ2) is 8.23. The van der Waals surface area contributed by atoms with Crippen LogP contribution in [0, 0.1) is 0 Å². The molecule has 11 heteroatoms. The van der Waals surface area contributed by atoms with Crippen LogP contribution in [0.4, 0.5) is 0 Å². The van der Waals surface area contributed by atoms with Crippen molar-refractivity contribution < 1.29 is 18.7 Å². The minimum atomic E-state index is -0.638. The number of furan rings is 1. The molecule has 4 rings (SSSR count). The zero-order valence-electron chi connectivity index (χ0n) is 15.0. The first-order valence-corrected chi connectivity index (χ1v) is 9.03. The summed E-state index contributed by atoms with van der Waals surface area (Å²) in [5, 5.41) is 16.8. The molecule has 0 bridgehead atoms. The average molecular weight is 415 g/mol. The van der Waals surface area contributed by atoms with E-state index in [4.69, 9.17) is 20.8 Å². The Morgan fingerprint density at radius 2 is 2.07 bits per heavy atom. The van der Waals surface area contributed by atoms with Gasteiger partial charge < -0.3 is 9.15 Å². The highest BCUT2D eigenvalue weighted by Crippen LogP contribution is 2.33. The Hall–Kier alpha value is -3.53. The Balaban J connectivity index is 1.47. The van der Waals surface area contributed by atoms with E-state index in [0.717, 1.165) is 5.56 Å². The van der Waals surface area contributed by atoms with Gasteiger partial charge in [0.05, 0.1) is 12.0 Å². The molecule has 3 aromatic rings. The summed E-state index contributed by atoms with van der Waals surface area (Å²) in [6.07, 6.45) is 3.27. The van der Waals surface area contributed by atoms with E-state index in [-0.39, 0.29) is 6.54 Å². The lowest BCUT2D eigenvalue weighted by Crippen LogP contribution is -2.31. The average Bonchev–Trinajstić information content (AvgIpc) is 3.47. The molecular formula is C18H15ClN6O4. The van der Waals surface area contributed by atoms with E-state index in [1.165, 1.54) is 22.3 Å². The van der Waals surface area contributed by atoms with Gasteiger partial charge >= 0.3 is 5.97 Å². The second-order valence-electron chi connectivity index (χ2n) is 6.20. The number of esters is 1. The largest absolute Gasteiger partial charge is 0.467 e. The van der Waals surface area contributed by atoms with Crippen molar-refractivity contribution in [3.8, 4) is 0 Å². The van der Waals surface area contributed by atoms with Gasteiger partial charge in [0.15, 0.2) is 6.61 Å². The van der Waals surface area contributed by atoms with Crippen LogP contribution in [0.1, 0.15) is 23.8 Å². The van der Waals surface area contributed by atoms with Crippen LogP contribution in [0.3, 0.4) is 0 Å². The van der Waals surface area contributed by atoms with Crippen LogP contribution in [0.15, 0.2) is 58.5 Å². The van der Waals surface area contributed by atoms with Crippen molar-refractivity contribution in [2.24, 2.45) is 5.10 Å². The summed E-state index contributed by atoms with van der Waals surface area (Å²) in [5.41, 5.74) is 1.55. The topological polar surface area (TPSA) is 116 Å². The fourth-order valence-corrected chi connectivity index (χ4v) is 3.02. The molecule has 10 nitrogen and oxygen atoms in total.